The summed E-state index contributed by atoms with van der Waals surface area (Å²) in [6, 6.07) is 33.9. The molecule has 0 saturated heterocycles. The maximum atomic E-state index is 6.97. The molecule has 0 aliphatic rings. The molecule has 0 atom stereocenters. The molecule has 0 amide bonds. The van der Waals surface area contributed by atoms with Crippen LogP contribution in [0.25, 0.3) is 98.9 Å². The van der Waals surface area contributed by atoms with Gasteiger partial charge in [0, 0.05) is 91.8 Å². The molecule has 11 aromatic rings. The number of aryl methyl sites for hydroxylation is 2. The van der Waals surface area contributed by atoms with Gasteiger partial charge in [-0.2, -0.15) is 0 Å². The van der Waals surface area contributed by atoms with Crippen molar-refractivity contribution in [1.29, 1.82) is 0 Å². The van der Waals surface area contributed by atoms with E-state index in [1.807, 2.05) is 102 Å². The van der Waals surface area contributed by atoms with E-state index in [-0.39, 0.29) is 0 Å². The zero-order valence-electron chi connectivity index (χ0n) is 67.7. The molecule has 0 unspecified atom stereocenters. The predicted octanol–water partition coefficient (Wildman–Crippen LogP) is 36.7. The minimum atomic E-state index is 0.703. The van der Waals surface area contributed by atoms with E-state index < -0.39 is 0 Å². The fraction of sp³-hybridized carbons (Fsp3) is 0.583. The Morgan fingerprint density at radius 2 is 0.413 bits per heavy atom. The molecule has 109 heavy (non-hydrogen) atoms. The van der Waals surface area contributed by atoms with Gasteiger partial charge in [0.05, 0.1) is 45.9 Å². The van der Waals surface area contributed by atoms with Gasteiger partial charge >= 0.3 is 0 Å². The van der Waals surface area contributed by atoms with Crippen molar-refractivity contribution >= 4 is 142 Å². The smallest absolute Gasteiger partial charge is 0.139 e. The molecule has 9 heterocycles. The zero-order valence-corrected chi connectivity index (χ0v) is 75.1. The van der Waals surface area contributed by atoms with Crippen molar-refractivity contribution in [2.24, 2.45) is 0 Å². The average molecular weight is 1640 g/mol. The van der Waals surface area contributed by atoms with Crippen molar-refractivity contribution in [3.05, 3.63) is 94.7 Å². The SMILES string of the molecule is CCCCCCCCCCCCCCCCc1cc2cc3sc(-c4cc(OCCCCCC)c(-c5sc(-c6ccc(-c7cc(OCCCCCC)c(-c8sc(-c9cc%10cc%11sc(CCCCCCCCCCCCCCCC)cc%11cc%10s9)cc8OCCCCCC)s7)s6)cc5OCCCCCC)s4)cc3cc2s1. The van der Waals surface area contributed by atoms with Crippen LogP contribution in [0, 0.1) is 0 Å². The second-order valence-electron chi connectivity index (χ2n) is 31.2. The highest BCUT2D eigenvalue weighted by Gasteiger charge is 2.27. The van der Waals surface area contributed by atoms with Gasteiger partial charge in [-0.25, -0.2) is 0 Å². The Morgan fingerprint density at radius 3 is 0.688 bits per heavy atom. The second kappa shape index (κ2) is 48.4. The van der Waals surface area contributed by atoms with E-state index in [1.165, 1.54) is 378 Å². The molecular formula is C96H132O4S9. The first-order chi connectivity index (χ1) is 53.8. The van der Waals surface area contributed by atoms with Crippen LogP contribution in [0.1, 0.15) is 334 Å². The molecule has 0 bridgehead atoms. The van der Waals surface area contributed by atoms with E-state index in [0.717, 1.165) is 48.7 Å². The first-order valence-corrected chi connectivity index (χ1v) is 51.3. The van der Waals surface area contributed by atoms with Gasteiger partial charge in [0.2, 0.25) is 0 Å². The summed E-state index contributed by atoms with van der Waals surface area (Å²) in [6.45, 7) is 16.6. The monoisotopic (exact) mass is 1640 g/mol. The third-order valence-electron chi connectivity index (χ3n) is 21.8. The third-order valence-corrected chi connectivity index (χ3v) is 32.9. The van der Waals surface area contributed by atoms with Crippen molar-refractivity contribution in [3.63, 3.8) is 0 Å². The molecule has 9 aromatic heterocycles. The number of hydrogen-bond acceptors (Lipinski definition) is 13. The summed E-state index contributed by atoms with van der Waals surface area (Å²) < 4.78 is 33.4. The molecule has 11 rings (SSSR count). The highest BCUT2D eigenvalue weighted by atomic mass is 32.1. The van der Waals surface area contributed by atoms with E-state index in [4.69, 9.17) is 18.9 Å². The van der Waals surface area contributed by atoms with E-state index in [2.05, 4.69) is 126 Å². The standard InChI is InChI=1S/C96H132O4S9/c1-7-13-19-25-27-29-31-33-35-37-39-41-43-45-51-75-59-71-61-85-73(63-83(71)101-75)65-87(104-85)91-69-79(99-57-49-23-17-11-5)95(108-91)93-77(97-55-47-21-15-9-3)67-89(106-93)81-53-54-82(103-81)90-68-78(98-56-48-22-16-10-4)94(107-90)96-80(100-58-50-24-18-12-6)70-92(109-96)88-66-74-64-84-72(62-86(74)105-88)60-76(102-84)52-46-44-42-40-38-36-34-32-30-28-26-20-14-8-2/h53-54,59-70H,7-52,55-58H2,1-6H3. The van der Waals surface area contributed by atoms with Crippen molar-refractivity contribution in [2.45, 2.75) is 337 Å². The molecule has 0 aliphatic heterocycles. The molecule has 2 aromatic carbocycles. The first-order valence-electron chi connectivity index (χ1n) is 43.9. The van der Waals surface area contributed by atoms with Crippen LogP contribution in [0.15, 0.2) is 84.9 Å². The Bertz CT molecular complexity index is 3960. The van der Waals surface area contributed by atoms with E-state index in [9.17, 15) is 0 Å². The lowest BCUT2D eigenvalue weighted by molar-refractivity contribution is 0.303. The normalized spacial score (nSPS) is 11.9. The van der Waals surface area contributed by atoms with Gasteiger partial charge < -0.3 is 18.9 Å². The van der Waals surface area contributed by atoms with Gasteiger partial charge in [0.25, 0.3) is 0 Å². The highest BCUT2D eigenvalue weighted by Crippen LogP contribution is 2.57. The molecule has 4 nitrogen and oxygen atoms in total. The Hall–Kier alpha value is -4.02. The largest absolute Gasteiger partial charge is 0.492 e. The molecule has 0 aliphatic carbocycles. The molecule has 0 fully saturated rings. The Kier molecular flexibility index (Phi) is 38.1. The van der Waals surface area contributed by atoms with Gasteiger partial charge in [0.1, 0.15) is 23.0 Å². The van der Waals surface area contributed by atoms with Crippen LogP contribution in [0.3, 0.4) is 0 Å². The lowest BCUT2D eigenvalue weighted by Crippen LogP contribution is -1.98. The highest BCUT2D eigenvalue weighted by molar-refractivity contribution is 7.32. The van der Waals surface area contributed by atoms with Crippen molar-refractivity contribution in [3.8, 4) is 81.5 Å². The second-order valence-corrected chi connectivity index (χ2v) is 41.0. The number of unbranched alkanes of at least 4 members (excludes halogenated alkanes) is 38. The Morgan fingerprint density at radius 1 is 0.193 bits per heavy atom. The van der Waals surface area contributed by atoms with Crippen molar-refractivity contribution in [1.82, 2.24) is 0 Å². The van der Waals surface area contributed by atoms with Crippen molar-refractivity contribution < 1.29 is 18.9 Å². The minimum Gasteiger partial charge on any atom is -0.492 e. The number of rotatable bonds is 60. The summed E-state index contributed by atoms with van der Waals surface area (Å²) in [7, 11) is 0. The molecule has 0 radical (unpaired) electrons. The number of benzene rings is 2. The lowest BCUT2D eigenvalue weighted by Gasteiger charge is -2.09. The van der Waals surface area contributed by atoms with Crippen LogP contribution in [-0.4, -0.2) is 26.4 Å². The van der Waals surface area contributed by atoms with Crippen LogP contribution < -0.4 is 18.9 Å². The van der Waals surface area contributed by atoms with Crippen LogP contribution >= 0.6 is 102 Å². The Labute approximate surface area is 694 Å². The summed E-state index contributed by atoms with van der Waals surface area (Å²) in [5.41, 5.74) is 0. The summed E-state index contributed by atoms with van der Waals surface area (Å²) in [5.74, 6) is 3.92. The number of ether oxygens (including phenoxy) is 4. The first kappa shape index (κ1) is 85.9. The van der Waals surface area contributed by atoms with Gasteiger partial charge in [-0.3, -0.25) is 0 Å². The number of fused-ring (bicyclic) bond motifs is 4. The molecule has 0 saturated carbocycles. The fourth-order valence-electron chi connectivity index (χ4n) is 15.2. The van der Waals surface area contributed by atoms with Crippen molar-refractivity contribution in [2.75, 3.05) is 26.4 Å². The predicted molar refractivity (Wildman–Crippen MR) is 497 cm³/mol. The number of hydrogen-bond donors (Lipinski definition) is 0. The maximum Gasteiger partial charge on any atom is 0.139 e. The molecule has 13 heteroatoms. The molecule has 594 valence electrons. The number of thiophene rings is 9. The van der Waals surface area contributed by atoms with Crippen LogP contribution in [0.4, 0.5) is 0 Å². The van der Waals surface area contributed by atoms with Crippen LogP contribution in [0.2, 0.25) is 0 Å². The van der Waals surface area contributed by atoms with E-state index in [0.29, 0.717) is 26.4 Å². The quantitative estimate of drug-likeness (QED) is 0.0356. The lowest BCUT2D eigenvalue weighted by atomic mass is 10.0. The Balaban J connectivity index is 0.804. The summed E-state index contributed by atoms with van der Waals surface area (Å²) >= 11 is 17.3. The van der Waals surface area contributed by atoms with Gasteiger partial charge in [-0.1, -0.05) is 286 Å². The third kappa shape index (κ3) is 26.8. The maximum absolute atomic E-state index is 6.97. The van der Waals surface area contributed by atoms with Gasteiger partial charge in [0.15, 0.2) is 0 Å². The van der Waals surface area contributed by atoms with Gasteiger partial charge in [-0.05, 0) is 134 Å². The van der Waals surface area contributed by atoms with Crippen LogP contribution in [-0.2, 0) is 12.8 Å². The van der Waals surface area contributed by atoms with E-state index >= 15 is 0 Å². The van der Waals surface area contributed by atoms with E-state index in [1.54, 1.807) is 0 Å². The topological polar surface area (TPSA) is 36.9 Å². The van der Waals surface area contributed by atoms with Gasteiger partial charge in [-0.15, -0.1) is 102 Å². The fourth-order valence-corrected chi connectivity index (χ4v) is 25.7. The molecular weight excluding hydrogens is 1510 g/mol. The average Bonchev–Trinajstić information content (AvgIpc) is 1.62. The summed E-state index contributed by atoms with van der Waals surface area (Å²) in [6.07, 6.45) is 60.3. The zero-order chi connectivity index (χ0) is 75.5. The summed E-state index contributed by atoms with van der Waals surface area (Å²) in [4.78, 5) is 18.0. The summed E-state index contributed by atoms with van der Waals surface area (Å²) in [5, 5.41) is 5.48. The minimum absolute atomic E-state index is 0.703. The molecule has 0 spiro atoms. The molecule has 0 N–H and O–H groups in total. The van der Waals surface area contributed by atoms with Crippen LogP contribution in [0.5, 0.6) is 23.0 Å².